The Morgan fingerprint density at radius 2 is 2.08 bits per heavy atom. The van der Waals surface area contributed by atoms with Crippen LogP contribution in [0.3, 0.4) is 0 Å². The second kappa shape index (κ2) is 5.86. The van der Waals surface area contributed by atoms with E-state index in [1.54, 1.807) is 13.8 Å². The molecule has 3 N–H and O–H groups in total. The molecule has 4 aliphatic carbocycles. The lowest BCUT2D eigenvalue weighted by Gasteiger charge is -2.62. The van der Waals surface area contributed by atoms with Gasteiger partial charge in [0.15, 0.2) is 5.78 Å². The van der Waals surface area contributed by atoms with Gasteiger partial charge in [-0.05, 0) is 67.6 Å². The second-order valence-electron chi connectivity index (χ2n) is 9.19. The van der Waals surface area contributed by atoms with Crippen LogP contribution in [0.1, 0.15) is 70.6 Å². The van der Waals surface area contributed by atoms with Crippen LogP contribution in [0, 0.1) is 34.5 Å². The van der Waals surface area contributed by atoms with Gasteiger partial charge in [-0.1, -0.05) is 13.8 Å². The van der Waals surface area contributed by atoms with E-state index >= 15 is 0 Å². The van der Waals surface area contributed by atoms with E-state index in [2.05, 4.69) is 0 Å². The summed E-state index contributed by atoms with van der Waals surface area (Å²) in [5.74, 6) is -3.80. The second-order valence-corrected chi connectivity index (χ2v) is 9.19. The van der Waals surface area contributed by atoms with Crippen molar-refractivity contribution in [2.45, 2.75) is 76.8 Å². The minimum absolute atomic E-state index is 0.0821. The molecule has 4 aliphatic rings. The first-order valence-corrected chi connectivity index (χ1v) is 9.66. The lowest BCUT2D eigenvalue weighted by atomic mass is 9.43. The number of carbonyl (C=O) groups is 2. The van der Waals surface area contributed by atoms with Crippen LogP contribution >= 0.6 is 0 Å². The maximum absolute atomic E-state index is 12.5. The number of aliphatic hydroxyl groups is 3. The van der Waals surface area contributed by atoms with E-state index in [1.165, 1.54) is 0 Å². The normalized spacial score (nSPS) is 67.1. The maximum Gasteiger partial charge on any atom is 0.190 e. The third kappa shape index (κ3) is 2.20. The van der Waals surface area contributed by atoms with E-state index in [-0.39, 0.29) is 31.1 Å². The molecule has 11 atom stereocenters. The third-order valence-electron chi connectivity index (χ3n) is 8.25. The molecule has 26 heavy (non-hydrogen) atoms. The van der Waals surface area contributed by atoms with E-state index in [0.717, 1.165) is 0 Å². The Hall–Kier alpha value is -0.780. The Bertz CT molecular complexity index is 780. The standard InChI is InChI=1S/C21H32O5/c1-19-7-5-13(23)9-12(19)3-4-14-15-6-8-21(26,17(25)11-22)20(15,2)10-16(24)18(14)19/h12,14-16,18,22,24,26H,3-11H2,1-2H3/t12-,14?,15?,16-,18?,19?,20?,21-/m0/s1/i5D,7D,9D,12D/t5?,7?,9?,12-,14?,15?,16-,18?,19?,20?,21-. The quantitative estimate of drug-likeness (QED) is 0.692. The van der Waals surface area contributed by atoms with Crippen LogP contribution in [0.15, 0.2) is 0 Å². The molecule has 0 aromatic carbocycles. The van der Waals surface area contributed by atoms with Crippen molar-refractivity contribution in [3.8, 4) is 0 Å². The number of rotatable bonds is 2. The molecule has 0 amide bonds. The molecule has 0 radical (unpaired) electrons. The minimum Gasteiger partial charge on any atom is -0.393 e. The summed E-state index contributed by atoms with van der Waals surface area (Å²) in [7, 11) is 0. The molecule has 0 saturated heterocycles. The molecule has 0 aromatic heterocycles. The number of hydrogen-bond acceptors (Lipinski definition) is 5. The van der Waals surface area contributed by atoms with Gasteiger partial charge in [0.1, 0.15) is 18.0 Å². The number of Topliss-reactive ketones (excluding diaryl/α,β-unsaturated/α-hetero) is 2. The summed E-state index contributed by atoms with van der Waals surface area (Å²) < 4.78 is 34.4. The molecule has 0 spiro atoms. The van der Waals surface area contributed by atoms with E-state index in [4.69, 9.17) is 5.48 Å². The summed E-state index contributed by atoms with van der Waals surface area (Å²) in [5.41, 5.74) is -3.90. The summed E-state index contributed by atoms with van der Waals surface area (Å²) in [4.78, 5) is 24.9. The van der Waals surface area contributed by atoms with Gasteiger partial charge in [-0.3, -0.25) is 9.59 Å². The minimum atomic E-state index is -1.73. The molecule has 0 bridgehead atoms. The van der Waals surface area contributed by atoms with Gasteiger partial charge in [-0.25, -0.2) is 0 Å². The molecule has 4 saturated carbocycles. The van der Waals surface area contributed by atoms with Crippen LogP contribution in [0.25, 0.3) is 0 Å². The largest absolute Gasteiger partial charge is 0.393 e. The smallest absolute Gasteiger partial charge is 0.190 e. The van der Waals surface area contributed by atoms with Gasteiger partial charge in [-0.15, -0.1) is 0 Å². The fourth-order valence-corrected chi connectivity index (χ4v) is 6.92. The van der Waals surface area contributed by atoms with E-state index in [9.17, 15) is 24.9 Å². The molecule has 5 nitrogen and oxygen atoms in total. The first-order chi connectivity index (χ1) is 13.8. The topological polar surface area (TPSA) is 94.8 Å². The molecule has 4 fully saturated rings. The number of aliphatic hydroxyl groups excluding tert-OH is 2. The number of hydrogen-bond donors (Lipinski definition) is 3. The van der Waals surface area contributed by atoms with Crippen LogP contribution < -0.4 is 0 Å². The van der Waals surface area contributed by atoms with Crippen molar-refractivity contribution in [2.24, 2.45) is 34.5 Å². The number of carbonyl (C=O) groups excluding carboxylic acids is 2. The van der Waals surface area contributed by atoms with Gasteiger partial charge in [0.25, 0.3) is 0 Å². The molecular formula is C21H32O5. The van der Waals surface area contributed by atoms with Crippen LogP contribution in [-0.2, 0) is 9.59 Å². The van der Waals surface area contributed by atoms with Crippen molar-refractivity contribution in [3.63, 3.8) is 0 Å². The average molecular weight is 369 g/mol. The van der Waals surface area contributed by atoms with Gasteiger partial charge in [0, 0.05) is 23.7 Å². The Balaban J connectivity index is 1.80. The van der Waals surface area contributed by atoms with E-state index < -0.39 is 71.7 Å². The lowest BCUT2D eigenvalue weighted by molar-refractivity contribution is -0.198. The number of fused-ring (bicyclic) bond motifs is 5. The van der Waals surface area contributed by atoms with Crippen molar-refractivity contribution >= 4 is 11.6 Å². The van der Waals surface area contributed by atoms with Gasteiger partial charge in [0.05, 0.1) is 6.10 Å². The lowest BCUT2D eigenvalue weighted by Crippen LogP contribution is -2.63. The Morgan fingerprint density at radius 3 is 2.77 bits per heavy atom. The van der Waals surface area contributed by atoms with Gasteiger partial charge in [0.2, 0.25) is 0 Å². The summed E-state index contributed by atoms with van der Waals surface area (Å²) in [6.45, 7) is 2.70. The van der Waals surface area contributed by atoms with E-state index in [1.807, 2.05) is 0 Å². The monoisotopic (exact) mass is 368 g/mol. The summed E-state index contributed by atoms with van der Waals surface area (Å²) in [6.07, 6.45) is -3.64. The molecule has 5 heteroatoms. The van der Waals surface area contributed by atoms with Crippen LogP contribution in [0.5, 0.6) is 0 Å². The van der Waals surface area contributed by atoms with E-state index in [0.29, 0.717) is 12.8 Å². The molecule has 0 aliphatic heterocycles. The van der Waals surface area contributed by atoms with Crippen molar-refractivity contribution in [3.05, 3.63) is 0 Å². The van der Waals surface area contributed by atoms with Gasteiger partial charge >= 0.3 is 0 Å². The molecule has 146 valence electrons. The molecule has 8 unspecified atom stereocenters. The third-order valence-corrected chi connectivity index (χ3v) is 8.25. The highest BCUT2D eigenvalue weighted by Crippen LogP contribution is 2.68. The highest BCUT2D eigenvalue weighted by atomic mass is 16.3. The highest BCUT2D eigenvalue weighted by molar-refractivity contribution is 5.89. The van der Waals surface area contributed by atoms with Crippen molar-refractivity contribution in [1.82, 2.24) is 0 Å². The zero-order chi connectivity index (χ0) is 22.4. The Labute approximate surface area is 160 Å². The summed E-state index contributed by atoms with van der Waals surface area (Å²) in [5, 5.41) is 32.0. The first kappa shape index (κ1) is 14.3. The fraction of sp³-hybridized carbons (Fsp3) is 0.905. The summed E-state index contributed by atoms with van der Waals surface area (Å²) in [6, 6.07) is 0. The van der Waals surface area contributed by atoms with Crippen molar-refractivity contribution in [2.75, 3.05) is 6.61 Å². The molecule has 0 heterocycles. The van der Waals surface area contributed by atoms with Crippen molar-refractivity contribution in [1.29, 1.82) is 0 Å². The highest BCUT2D eigenvalue weighted by Gasteiger charge is 2.68. The Morgan fingerprint density at radius 1 is 1.35 bits per heavy atom. The number of ketones is 2. The average Bonchev–Trinajstić information content (AvgIpc) is 2.98. The van der Waals surface area contributed by atoms with Gasteiger partial charge < -0.3 is 15.3 Å². The molecule has 4 rings (SSSR count). The Kier molecular flexibility index (Phi) is 3.21. The first-order valence-electron chi connectivity index (χ1n) is 11.9. The van der Waals surface area contributed by atoms with Gasteiger partial charge in [-0.2, -0.15) is 0 Å². The SMILES string of the molecule is [2H]C1C(=O)C([2H])[C@]2([2H])CCC3C([C@@H](O)CC4(C)C3CC[C@]4(O)C(=O)CO)C2(C)C1[2H]. The zero-order valence-electron chi connectivity index (χ0n) is 19.4. The van der Waals surface area contributed by atoms with Crippen LogP contribution in [0.4, 0.5) is 0 Å². The molecule has 0 aromatic rings. The predicted octanol–water partition coefficient (Wildman–Crippen LogP) is 1.86. The van der Waals surface area contributed by atoms with Crippen LogP contribution in [0.2, 0.25) is 0 Å². The fourth-order valence-electron chi connectivity index (χ4n) is 6.92. The predicted molar refractivity (Wildman–Crippen MR) is 95.2 cm³/mol. The molecular weight excluding hydrogens is 332 g/mol. The van der Waals surface area contributed by atoms with Crippen LogP contribution in [-0.4, -0.2) is 45.2 Å². The summed E-state index contributed by atoms with van der Waals surface area (Å²) >= 11 is 0. The van der Waals surface area contributed by atoms with Crippen molar-refractivity contribution < 1.29 is 30.4 Å². The maximum atomic E-state index is 12.5. The zero-order valence-corrected chi connectivity index (χ0v) is 15.4.